The van der Waals surface area contributed by atoms with E-state index in [0.29, 0.717) is 12.7 Å². The Labute approximate surface area is 90.2 Å². The first-order chi connectivity index (χ1) is 7.29. The Morgan fingerprint density at radius 2 is 2.27 bits per heavy atom. The van der Waals surface area contributed by atoms with Crippen LogP contribution in [0, 0.1) is 0 Å². The normalized spacial score (nSPS) is 17.5. The molecule has 82 valence electrons. The monoisotopic (exact) mass is 207 g/mol. The molecule has 1 aliphatic carbocycles. The van der Waals surface area contributed by atoms with Crippen LogP contribution in [0.15, 0.2) is 24.3 Å². The summed E-state index contributed by atoms with van der Waals surface area (Å²) >= 11 is 0. The van der Waals surface area contributed by atoms with Crippen LogP contribution < -0.4 is 10.5 Å². The predicted molar refractivity (Wildman–Crippen MR) is 58.9 cm³/mol. The zero-order chi connectivity index (χ0) is 10.7. The minimum absolute atomic E-state index is 0.0715. The molecule has 1 unspecified atom stereocenters. The third kappa shape index (κ3) is 2.94. The zero-order valence-electron chi connectivity index (χ0n) is 8.98. The van der Waals surface area contributed by atoms with Gasteiger partial charge in [0.2, 0.25) is 0 Å². The fourth-order valence-corrected chi connectivity index (χ4v) is 1.47. The van der Waals surface area contributed by atoms with Crippen molar-refractivity contribution in [3.63, 3.8) is 0 Å². The van der Waals surface area contributed by atoms with Gasteiger partial charge in [0, 0.05) is 7.11 Å². The van der Waals surface area contributed by atoms with Gasteiger partial charge in [0.15, 0.2) is 0 Å². The van der Waals surface area contributed by atoms with E-state index in [2.05, 4.69) is 0 Å². The van der Waals surface area contributed by atoms with Gasteiger partial charge in [-0.25, -0.2) is 0 Å². The second kappa shape index (κ2) is 4.64. The number of benzene rings is 1. The van der Waals surface area contributed by atoms with Crippen LogP contribution >= 0.6 is 0 Å². The third-order valence-corrected chi connectivity index (χ3v) is 2.46. The summed E-state index contributed by atoms with van der Waals surface area (Å²) in [5, 5.41) is 0. The number of nitrogens with two attached hydrogens (primary N) is 1. The van der Waals surface area contributed by atoms with Gasteiger partial charge in [-0.3, -0.25) is 0 Å². The number of ether oxygens (including phenoxy) is 2. The summed E-state index contributed by atoms with van der Waals surface area (Å²) in [7, 11) is 1.66. The summed E-state index contributed by atoms with van der Waals surface area (Å²) in [5.74, 6) is 0.918. The maximum Gasteiger partial charge on any atom is 0.120 e. The Balaban J connectivity index is 2.03. The molecule has 1 aromatic carbocycles. The second-order valence-corrected chi connectivity index (χ2v) is 3.95. The summed E-state index contributed by atoms with van der Waals surface area (Å²) in [4.78, 5) is 0. The summed E-state index contributed by atoms with van der Waals surface area (Å²) in [6, 6.07) is 7.88. The van der Waals surface area contributed by atoms with Gasteiger partial charge < -0.3 is 15.2 Å². The fourth-order valence-electron chi connectivity index (χ4n) is 1.47. The molecule has 1 fully saturated rings. The van der Waals surface area contributed by atoms with Gasteiger partial charge in [-0.2, -0.15) is 0 Å². The van der Waals surface area contributed by atoms with E-state index in [4.69, 9.17) is 15.2 Å². The Morgan fingerprint density at radius 3 is 2.93 bits per heavy atom. The Morgan fingerprint density at radius 1 is 1.47 bits per heavy atom. The average Bonchev–Trinajstić information content (AvgIpc) is 3.03. The molecule has 0 spiro atoms. The van der Waals surface area contributed by atoms with Gasteiger partial charge in [0.25, 0.3) is 0 Å². The smallest absolute Gasteiger partial charge is 0.120 e. The minimum atomic E-state index is -0.0715. The Kier molecular flexibility index (Phi) is 3.23. The van der Waals surface area contributed by atoms with Gasteiger partial charge in [0.05, 0.1) is 18.8 Å². The van der Waals surface area contributed by atoms with Crippen molar-refractivity contribution in [1.82, 2.24) is 0 Å². The molecular weight excluding hydrogens is 190 g/mol. The number of rotatable bonds is 5. The first kappa shape index (κ1) is 10.5. The van der Waals surface area contributed by atoms with Crippen molar-refractivity contribution < 1.29 is 9.47 Å². The molecule has 0 aliphatic heterocycles. The Hall–Kier alpha value is -1.06. The van der Waals surface area contributed by atoms with Crippen molar-refractivity contribution in [2.45, 2.75) is 25.0 Å². The molecule has 0 bridgehead atoms. The summed E-state index contributed by atoms with van der Waals surface area (Å²) in [5.41, 5.74) is 7.01. The van der Waals surface area contributed by atoms with E-state index >= 15 is 0 Å². The van der Waals surface area contributed by atoms with E-state index in [9.17, 15) is 0 Å². The summed E-state index contributed by atoms with van der Waals surface area (Å²) in [6.07, 6.45) is 2.78. The SMILES string of the molecule is COCC(N)c1cccc(OC2CC2)c1. The molecule has 3 nitrogen and oxygen atoms in total. The number of hydrogen-bond donors (Lipinski definition) is 1. The molecule has 0 amide bonds. The van der Waals surface area contributed by atoms with Gasteiger partial charge in [-0.05, 0) is 30.5 Å². The van der Waals surface area contributed by atoms with Crippen LogP contribution in [0.1, 0.15) is 24.4 Å². The first-order valence-corrected chi connectivity index (χ1v) is 5.30. The second-order valence-electron chi connectivity index (χ2n) is 3.95. The maximum absolute atomic E-state index is 5.94. The van der Waals surface area contributed by atoms with Crippen LogP contribution in [-0.2, 0) is 4.74 Å². The number of methoxy groups -OCH3 is 1. The number of hydrogen-bond acceptors (Lipinski definition) is 3. The van der Waals surface area contributed by atoms with Crippen LogP contribution in [0.25, 0.3) is 0 Å². The molecule has 15 heavy (non-hydrogen) atoms. The molecule has 0 heterocycles. The molecule has 2 rings (SSSR count). The van der Waals surface area contributed by atoms with Crippen molar-refractivity contribution in [3.8, 4) is 5.75 Å². The lowest BCUT2D eigenvalue weighted by Crippen LogP contribution is -2.16. The molecule has 2 N–H and O–H groups in total. The molecule has 1 atom stereocenters. The molecular formula is C12H17NO2. The van der Waals surface area contributed by atoms with Crippen molar-refractivity contribution in [3.05, 3.63) is 29.8 Å². The van der Waals surface area contributed by atoms with Crippen molar-refractivity contribution in [1.29, 1.82) is 0 Å². The van der Waals surface area contributed by atoms with Crippen molar-refractivity contribution >= 4 is 0 Å². The highest BCUT2D eigenvalue weighted by Gasteiger charge is 2.23. The third-order valence-electron chi connectivity index (χ3n) is 2.46. The lowest BCUT2D eigenvalue weighted by molar-refractivity contribution is 0.180. The van der Waals surface area contributed by atoms with E-state index < -0.39 is 0 Å². The molecule has 0 radical (unpaired) electrons. The van der Waals surface area contributed by atoms with Crippen LogP contribution in [0.2, 0.25) is 0 Å². The lowest BCUT2D eigenvalue weighted by atomic mass is 10.1. The fraction of sp³-hybridized carbons (Fsp3) is 0.500. The zero-order valence-corrected chi connectivity index (χ0v) is 8.98. The molecule has 1 saturated carbocycles. The summed E-state index contributed by atoms with van der Waals surface area (Å²) in [6.45, 7) is 0.535. The van der Waals surface area contributed by atoms with Crippen molar-refractivity contribution in [2.24, 2.45) is 5.73 Å². The van der Waals surface area contributed by atoms with Crippen LogP contribution in [0.4, 0.5) is 0 Å². The molecule has 0 saturated heterocycles. The highest BCUT2D eigenvalue weighted by Crippen LogP contribution is 2.27. The quantitative estimate of drug-likeness (QED) is 0.801. The topological polar surface area (TPSA) is 44.5 Å². The minimum Gasteiger partial charge on any atom is -0.490 e. The van der Waals surface area contributed by atoms with E-state index in [1.165, 1.54) is 12.8 Å². The first-order valence-electron chi connectivity index (χ1n) is 5.30. The molecule has 1 aliphatic rings. The van der Waals surface area contributed by atoms with Crippen molar-refractivity contribution in [2.75, 3.05) is 13.7 Å². The summed E-state index contributed by atoms with van der Waals surface area (Å²) < 4.78 is 10.7. The highest BCUT2D eigenvalue weighted by molar-refractivity contribution is 5.31. The average molecular weight is 207 g/mol. The van der Waals surface area contributed by atoms with Crippen LogP contribution in [-0.4, -0.2) is 19.8 Å². The standard InChI is InChI=1S/C12H17NO2/c1-14-8-12(13)9-3-2-4-11(7-9)15-10-5-6-10/h2-4,7,10,12H,5-6,8,13H2,1H3. The van der Waals surface area contributed by atoms with E-state index in [1.54, 1.807) is 7.11 Å². The molecule has 0 aromatic heterocycles. The van der Waals surface area contributed by atoms with E-state index in [1.807, 2.05) is 24.3 Å². The van der Waals surface area contributed by atoms with Gasteiger partial charge >= 0.3 is 0 Å². The largest absolute Gasteiger partial charge is 0.490 e. The highest BCUT2D eigenvalue weighted by atomic mass is 16.5. The Bertz CT molecular complexity index is 323. The maximum atomic E-state index is 5.94. The molecule has 1 aromatic rings. The van der Waals surface area contributed by atoms with Crippen LogP contribution in [0.5, 0.6) is 5.75 Å². The predicted octanol–water partition coefficient (Wildman–Crippen LogP) is 1.87. The van der Waals surface area contributed by atoms with E-state index in [0.717, 1.165) is 11.3 Å². The van der Waals surface area contributed by atoms with Crippen LogP contribution in [0.3, 0.4) is 0 Å². The van der Waals surface area contributed by atoms with Gasteiger partial charge in [-0.1, -0.05) is 12.1 Å². The van der Waals surface area contributed by atoms with E-state index in [-0.39, 0.29) is 6.04 Å². The lowest BCUT2D eigenvalue weighted by Gasteiger charge is -2.12. The van der Waals surface area contributed by atoms with Gasteiger partial charge in [-0.15, -0.1) is 0 Å². The molecule has 3 heteroatoms. The van der Waals surface area contributed by atoms with Gasteiger partial charge in [0.1, 0.15) is 5.75 Å².